The fourth-order valence-electron chi connectivity index (χ4n) is 4.38. The maximum Gasteiger partial charge on any atom is 0.220 e. The number of aromatic nitrogens is 3. The maximum absolute atomic E-state index is 13.5. The summed E-state index contributed by atoms with van der Waals surface area (Å²) in [5.41, 5.74) is 2.37. The molecule has 1 atom stereocenters. The molecular formula is C30H27FN4O4S. The van der Waals surface area contributed by atoms with E-state index in [1.165, 1.54) is 23.9 Å². The molecule has 0 unspecified atom stereocenters. The third-order valence-electron chi connectivity index (χ3n) is 6.29. The van der Waals surface area contributed by atoms with Gasteiger partial charge in [-0.2, -0.15) is 0 Å². The van der Waals surface area contributed by atoms with E-state index in [-0.39, 0.29) is 17.3 Å². The predicted octanol–water partition coefficient (Wildman–Crippen LogP) is 6.96. The quantitative estimate of drug-likeness (QED) is 0.0983. The van der Waals surface area contributed by atoms with Crippen LogP contribution < -0.4 is 9.47 Å². The molecule has 0 saturated carbocycles. The highest BCUT2D eigenvalue weighted by Gasteiger charge is 2.25. The van der Waals surface area contributed by atoms with Gasteiger partial charge in [0.1, 0.15) is 23.5 Å². The van der Waals surface area contributed by atoms with Crippen LogP contribution in [-0.4, -0.2) is 32.8 Å². The molecule has 0 fully saturated rings. The number of nitrogens with zero attached hydrogens (tertiary/aromatic N) is 4. The summed E-state index contributed by atoms with van der Waals surface area (Å²) in [7, 11) is 0. The zero-order chi connectivity index (χ0) is 28.1. The van der Waals surface area contributed by atoms with Gasteiger partial charge in [-0.3, -0.25) is 14.7 Å². The van der Waals surface area contributed by atoms with Crippen molar-refractivity contribution in [3.05, 3.63) is 118 Å². The summed E-state index contributed by atoms with van der Waals surface area (Å²) < 4.78 is 27.3. The van der Waals surface area contributed by atoms with Crippen LogP contribution >= 0.6 is 11.8 Å². The Labute approximate surface area is 234 Å². The van der Waals surface area contributed by atoms with Crippen molar-refractivity contribution in [1.82, 2.24) is 14.8 Å². The average Bonchev–Trinajstić information content (AvgIpc) is 3.31. The minimum atomic E-state index is -0.591. The minimum absolute atomic E-state index is 0.344. The lowest BCUT2D eigenvalue weighted by Crippen LogP contribution is -2.11. The van der Waals surface area contributed by atoms with Gasteiger partial charge in [-0.1, -0.05) is 54.2 Å². The summed E-state index contributed by atoms with van der Waals surface area (Å²) in [5, 5.41) is 22.2. The van der Waals surface area contributed by atoms with E-state index < -0.39 is 5.25 Å². The fourth-order valence-corrected chi connectivity index (χ4v) is 5.55. The minimum Gasteiger partial charge on any atom is -0.490 e. The highest BCUT2D eigenvalue weighted by Crippen LogP contribution is 2.40. The Morgan fingerprint density at radius 2 is 1.73 bits per heavy atom. The lowest BCUT2D eigenvalue weighted by atomic mass is 10.1. The molecule has 40 heavy (non-hydrogen) atoms. The van der Waals surface area contributed by atoms with Gasteiger partial charge in [0.15, 0.2) is 16.7 Å². The number of fused-ring (bicyclic) bond motifs is 1. The number of rotatable bonds is 11. The molecule has 0 aliphatic heterocycles. The van der Waals surface area contributed by atoms with Crippen molar-refractivity contribution < 1.29 is 18.8 Å². The van der Waals surface area contributed by atoms with Crippen LogP contribution in [0, 0.1) is 22.9 Å². The molecule has 4 aromatic carbocycles. The molecule has 0 N–H and O–H groups in total. The number of ether oxygens (including phenoxy) is 2. The largest absolute Gasteiger partial charge is 0.490 e. The lowest BCUT2D eigenvalue weighted by molar-refractivity contribution is -0.479. The molecule has 0 aliphatic rings. The zero-order valence-corrected chi connectivity index (χ0v) is 22.8. The van der Waals surface area contributed by atoms with Crippen LogP contribution in [-0.2, 0) is 6.61 Å². The number of nitro groups is 1. The topological polar surface area (TPSA) is 92.3 Å². The molecule has 10 heteroatoms. The molecule has 0 saturated heterocycles. The highest BCUT2D eigenvalue weighted by molar-refractivity contribution is 7.99. The number of hydrogen-bond donors (Lipinski definition) is 0. The first kappa shape index (κ1) is 27.1. The molecule has 204 valence electrons. The first-order valence-electron chi connectivity index (χ1n) is 12.7. The Bertz CT molecular complexity index is 1640. The molecule has 0 spiro atoms. The van der Waals surface area contributed by atoms with E-state index in [1.54, 1.807) is 35.8 Å². The van der Waals surface area contributed by atoms with Gasteiger partial charge in [0.25, 0.3) is 0 Å². The van der Waals surface area contributed by atoms with Crippen LogP contribution in [0.2, 0.25) is 0 Å². The summed E-state index contributed by atoms with van der Waals surface area (Å²) >= 11 is 1.22. The van der Waals surface area contributed by atoms with Crippen molar-refractivity contribution in [3.8, 4) is 17.2 Å². The molecule has 1 aromatic heterocycles. The summed E-state index contributed by atoms with van der Waals surface area (Å²) in [6, 6.07) is 25.6. The molecule has 0 amide bonds. The van der Waals surface area contributed by atoms with Crippen LogP contribution in [0.4, 0.5) is 4.39 Å². The van der Waals surface area contributed by atoms with E-state index in [1.807, 2.05) is 31.2 Å². The number of benzene rings is 4. The lowest BCUT2D eigenvalue weighted by Gasteiger charge is -2.17. The van der Waals surface area contributed by atoms with Gasteiger partial charge in [0, 0.05) is 10.6 Å². The van der Waals surface area contributed by atoms with Gasteiger partial charge in [-0.05, 0) is 78.2 Å². The van der Waals surface area contributed by atoms with Crippen molar-refractivity contribution in [3.63, 3.8) is 0 Å². The molecule has 1 heterocycles. The van der Waals surface area contributed by atoms with Gasteiger partial charge in [0.05, 0.1) is 6.61 Å². The fraction of sp³-hybridized carbons (Fsp3) is 0.200. The first-order chi connectivity index (χ1) is 19.4. The van der Waals surface area contributed by atoms with Crippen LogP contribution in [0.15, 0.2) is 90.1 Å². The van der Waals surface area contributed by atoms with Crippen molar-refractivity contribution >= 4 is 22.5 Å². The second-order valence-electron chi connectivity index (χ2n) is 9.07. The van der Waals surface area contributed by atoms with E-state index in [9.17, 15) is 14.5 Å². The summed E-state index contributed by atoms with van der Waals surface area (Å²) in [6.45, 7) is 4.05. The van der Waals surface area contributed by atoms with Crippen molar-refractivity contribution in [1.29, 1.82) is 0 Å². The Balaban J connectivity index is 1.41. The van der Waals surface area contributed by atoms with Gasteiger partial charge in [0.2, 0.25) is 6.54 Å². The molecule has 0 radical (unpaired) electrons. The highest BCUT2D eigenvalue weighted by atomic mass is 32.2. The van der Waals surface area contributed by atoms with Crippen molar-refractivity contribution in [2.75, 3.05) is 13.2 Å². The molecule has 8 nitrogen and oxygen atoms in total. The Hall–Kier alpha value is -4.44. The summed E-state index contributed by atoms with van der Waals surface area (Å²) in [5.74, 6) is 1.28. The Morgan fingerprint density at radius 3 is 2.48 bits per heavy atom. The molecule has 0 aliphatic carbocycles. The Kier molecular flexibility index (Phi) is 8.26. The predicted molar refractivity (Wildman–Crippen MR) is 152 cm³/mol. The van der Waals surface area contributed by atoms with Crippen molar-refractivity contribution in [2.45, 2.75) is 30.9 Å². The smallest absolute Gasteiger partial charge is 0.220 e. The monoisotopic (exact) mass is 558 g/mol. The molecule has 0 bridgehead atoms. The first-order valence-corrected chi connectivity index (χ1v) is 13.6. The average molecular weight is 559 g/mol. The maximum atomic E-state index is 13.5. The third kappa shape index (κ3) is 6.23. The Morgan fingerprint density at radius 1 is 0.950 bits per heavy atom. The summed E-state index contributed by atoms with van der Waals surface area (Å²) in [4.78, 5) is 11.3. The SMILES string of the molecule is CCOc1cc([C@@H](C[N+](=O)[O-])Sc2nnc(C)n2-c2ccc(F)cc2)ccc1OCc1ccc2ccccc2c1. The summed E-state index contributed by atoms with van der Waals surface area (Å²) in [6.07, 6.45) is 0. The van der Waals surface area contributed by atoms with Gasteiger partial charge >= 0.3 is 0 Å². The number of hydrogen-bond acceptors (Lipinski definition) is 7. The van der Waals surface area contributed by atoms with Crippen LogP contribution in [0.3, 0.4) is 0 Å². The second-order valence-corrected chi connectivity index (χ2v) is 10.2. The van der Waals surface area contributed by atoms with E-state index in [0.717, 1.165) is 16.3 Å². The van der Waals surface area contributed by atoms with Crippen LogP contribution in [0.1, 0.15) is 29.1 Å². The molecule has 5 rings (SSSR count). The number of aryl methyl sites for hydroxylation is 1. The van der Waals surface area contributed by atoms with E-state index in [2.05, 4.69) is 34.5 Å². The van der Waals surface area contributed by atoms with E-state index in [4.69, 9.17) is 9.47 Å². The van der Waals surface area contributed by atoms with Gasteiger partial charge < -0.3 is 9.47 Å². The molecule has 5 aromatic rings. The zero-order valence-electron chi connectivity index (χ0n) is 22.0. The van der Waals surface area contributed by atoms with E-state index in [0.29, 0.717) is 46.9 Å². The number of thioether (sulfide) groups is 1. The second kappa shape index (κ2) is 12.2. The van der Waals surface area contributed by atoms with Crippen LogP contribution in [0.5, 0.6) is 11.5 Å². The van der Waals surface area contributed by atoms with Gasteiger partial charge in [-0.25, -0.2) is 4.39 Å². The van der Waals surface area contributed by atoms with E-state index >= 15 is 0 Å². The normalized spacial score (nSPS) is 11.9. The van der Waals surface area contributed by atoms with Gasteiger partial charge in [-0.15, -0.1) is 10.2 Å². The van der Waals surface area contributed by atoms with Crippen LogP contribution in [0.25, 0.3) is 16.5 Å². The van der Waals surface area contributed by atoms with Crippen molar-refractivity contribution in [2.24, 2.45) is 0 Å². The third-order valence-corrected chi connectivity index (χ3v) is 7.47. The molecular weight excluding hydrogens is 531 g/mol. The number of halogens is 1. The standard InChI is InChI=1S/C30H27FN4O4S/c1-3-38-28-17-24(10-15-27(28)39-19-21-8-9-22-6-4-5-7-23(22)16-21)29(18-34(36)37)40-30-33-32-20(2)35(30)26-13-11-25(31)12-14-26/h4-17,29H,3,18-19H2,1-2H3/t29-/m1/s1.